The van der Waals surface area contributed by atoms with E-state index in [2.05, 4.69) is 0 Å². The number of nitrogens with zero attached hydrogens (tertiary/aromatic N) is 2. The lowest BCUT2D eigenvalue weighted by atomic mass is 10.1. The maximum absolute atomic E-state index is 13.4. The second-order valence-corrected chi connectivity index (χ2v) is 7.58. The minimum absolute atomic E-state index is 0.0746. The Morgan fingerprint density at radius 3 is 2.96 bits per heavy atom. The van der Waals surface area contributed by atoms with E-state index < -0.39 is 5.97 Å². The molecule has 1 fully saturated rings. The highest BCUT2D eigenvalue weighted by molar-refractivity contribution is 7.21. The molecule has 1 unspecified atom stereocenters. The predicted molar refractivity (Wildman–Crippen MR) is 97.3 cm³/mol. The van der Waals surface area contributed by atoms with Gasteiger partial charge in [-0.1, -0.05) is 6.07 Å². The Balaban J connectivity index is 1.73. The number of likely N-dealkylation sites (N-methyl/N-ethyl adjacent to an activating group) is 1. The fourth-order valence-corrected chi connectivity index (χ4v) is 4.41. The van der Waals surface area contributed by atoms with Crippen LogP contribution in [0.2, 0.25) is 0 Å². The third kappa shape index (κ3) is 4.03. The summed E-state index contributed by atoms with van der Waals surface area (Å²) in [6.07, 6.45) is -0.232. The summed E-state index contributed by atoms with van der Waals surface area (Å²) in [5.74, 6) is -1.30. The van der Waals surface area contributed by atoms with Crippen LogP contribution in [-0.4, -0.2) is 72.7 Å². The highest BCUT2D eigenvalue weighted by Crippen LogP contribution is 2.32. The summed E-state index contributed by atoms with van der Waals surface area (Å²) in [4.78, 5) is 27.8. The van der Waals surface area contributed by atoms with Crippen molar-refractivity contribution < 1.29 is 23.8 Å². The highest BCUT2D eigenvalue weighted by Gasteiger charge is 2.28. The van der Waals surface area contributed by atoms with Gasteiger partial charge in [0, 0.05) is 24.3 Å². The number of hydrogen-bond acceptors (Lipinski definition) is 5. The summed E-state index contributed by atoms with van der Waals surface area (Å²) < 4.78 is 19.9. The Bertz CT molecular complexity index is 838. The molecule has 2 heterocycles. The Morgan fingerprint density at radius 1 is 1.46 bits per heavy atom. The number of hydrogen-bond donors (Lipinski definition) is 1. The number of carboxylic acids is 1. The third-order valence-corrected chi connectivity index (χ3v) is 5.68. The molecule has 1 aliphatic rings. The predicted octanol–water partition coefficient (Wildman–Crippen LogP) is 2.21. The van der Waals surface area contributed by atoms with Crippen LogP contribution in [-0.2, 0) is 9.53 Å². The van der Waals surface area contributed by atoms with Crippen LogP contribution in [0.15, 0.2) is 18.2 Å². The Labute approximate surface area is 154 Å². The molecule has 1 aromatic heterocycles. The van der Waals surface area contributed by atoms with E-state index in [-0.39, 0.29) is 24.4 Å². The normalized spacial score (nSPS) is 17.8. The zero-order chi connectivity index (χ0) is 18.8. The van der Waals surface area contributed by atoms with Gasteiger partial charge in [-0.15, -0.1) is 11.3 Å². The van der Waals surface area contributed by atoms with Gasteiger partial charge in [0.25, 0.3) is 5.91 Å². The van der Waals surface area contributed by atoms with E-state index in [1.165, 1.54) is 23.5 Å². The molecule has 1 aliphatic heterocycles. The van der Waals surface area contributed by atoms with Crippen molar-refractivity contribution >= 4 is 33.3 Å². The number of carbonyl (C=O) groups excluding carboxylic acids is 1. The van der Waals surface area contributed by atoms with E-state index >= 15 is 0 Å². The van der Waals surface area contributed by atoms with Crippen LogP contribution in [0, 0.1) is 12.7 Å². The Morgan fingerprint density at radius 2 is 2.23 bits per heavy atom. The fraction of sp³-hybridized carbons (Fsp3) is 0.444. The number of ether oxygens (including phenoxy) is 1. The topological polar surface area (TPSA) is 70.1 Å². The van der Waals surface area contributed by atoms with Crippen LogP contribution in [0.1, 0.15) is 15.2 Å². The number of benzene rings is 1. The molecule has 8 heteroatoms. The van der Waals surface area contributed by atoms with Crippen molar-refractivity contribution in [3.05, 3.63) is 34.5 Å². The van der Waals surface area contributed by atoms with Crippen molar-refractivity contribution in [3.8, 4) is 0 Å². The van der Waals surface area contributed by atoms with E-state index in [0.29, 0.717) is 31.1 Å². The van der Waals surface area contributed by atoms with Gasteiger partial charge >= 0.3 is 5.97 Å². The monoisotopic (exact) mass is 380 g/mol. The highest BCUT2D eigenvalue weighted by atomic mass is 32.1. The van der Waals surface area contributed by atoms with Crippen molar-refractivity contribution in [3.63, 3.8) is 0 Å². The Kier molecular flexibility index (Phi) is 5.55. The summed E-state index contributed by atoms with van der Waals surface area (Å²) in [5, 5.41) is 9.74. The number of amides is 1. The molecule has 26 heavy (non-hydrogen) atoms. The second-order valence-electron chi connectivity index (χ2n) is 6.53. The number of aryl methyl sites for hydroxylation is 1. The van der Waals surface area contributed by atoms with E-state index in [4.69, 9.17) is 9.84 Å². The SMILES string of the molecule is Cc1c(C(=O)N2CCOC(CN(C)CC(=O)O)C2)sc2cc(F)ccc12. The van der Waals surface area contributed by atoms with Crippen LogP contribution in [0.4, 0.5) is 4.39 Å². The minimum Gasteiger partial charge on any atom is -0.480 e. The number of thiophene rings is 1. The van der Waals surface area contributed by atoms with Gasteiger partial charge in [0.2, 0.25) is 0 Å². The number of halogens is 1. The number of rotatable bonds is 5. The molecule has 2 aromatic rings. The first-order chi connectivity index (χ1) is 12.3. The number of carbonyl (C=O) groups is 2. The van der Waals surface area contributed by atoms with Gasteiger partial charge in [0.05, 0.1) is 24.1 Å². The average molecular weight is 380 g/mol. The molecule has 1 N–H and O–H groups in total. The lowest BCUT2D eigenvalue weighted by Crippen LogP contribution is -2.49. The number of morpholine rings is 1. The Hall–Kier alpha value is -2.03. The van der Waals surface area contributed by atoms with Gasteiger partial charge in [-0.25, -0.2) is 4.39 Å². The first kappa shape index (κ1) is 18.8. The van der Waals surface area contributed by atoms with Crippen LogP contribution >= 0.6 is 11.3 Å². The van der Waals surface area contributed by atoms with Gasteiger partial charge < -0.3 is 14.7 Å². The van der Waals surface area contributed by atoms with E-state index in [0.717, 1.165) is 15.6 Å². The van der Waals surface area contributed by atoms with Gasteiger partial charge in [-0.05, 0) is 37.1 Å². The van der Waals surface area contributed by atoms with Gasteiger partial charge in [0.15, 0.2) is 0 Å². The molecule has 1 saturated heterocycles. The molecule has 0 aliphatic carbocycles. The smallest absolute Gasteiger partial charge is 0.317 e. The van der Waals surface area contributed by atoms with Crippen molar-refractivity contribution in [2.75, 3.05) is 39.8 Å². The number of fused-ring (bicyclic) bond motifs is 1. The standard InChI is InChI=1S/C18H21FN2O4S/c1-11-14-4-3-12(19)7-15(14)26-17(11)18(24)21-5-6-25-13(9-21)8-20(2)10-16(22)23/h3-4,7,13H,5-6,8-10H2,1-2H3,(H,22,23). The van der Waals surface area contributed by atoms with Gasteiger partial charge in [0.1, 0.15) is 5.82 Å². The molecule has 0 saturated carbocycles. The van der Waals surface area contributed by atoms with Crippen LogP contribution in [0.3, 0.4) is 0 Å². The number of carboxylic acid groups (broad SMARTS) is 1. The van der Waals surface area contributed by atoms with E-state index in [9.17, 15) is 14.0 Å². The summed E-state index contributed by atoms with van der Waals surface area (Å²) in [6.45, 7) is 3.55. The van der Waals surface area contributed by atoms with Gasteiger partial charge in [-0.3, -0.25) is 14.5 Å². The molecule has 0 radical (unpaired) electrons. The average Bonchev–Trinajstić information content (AvgIpc) is 2.89. The second kappa shape index (κ2) is 7.69. The molecular formula is C18H21FN2O4S. The summed E-state index contributed by atoms with van der Waals surface area (Å²) >= 11 is 1.30. The molecular weight excluding hydrogens is 359 g/mol. The van der Waals surface area contributed by atoms with Crippen molar-refractivity contribution in [2.45, 2.75) is 13.0 Å². The minimum atomic E-state index is -0.899. The third-order valence-electron chi connectivity index (χ3n) is 4.44. The summed E-state index contributed by atoms with van der Waals surface area (Å²) in [5.41, 5.74) is 0.862. The summed E-state index contributed by atoms with van der Waals surface area (Å²) in [6, 6.07) is 4.56. The molecule has 0 spiro atoms. The maximum atomic E-state index is 13.4. The van der Waals surface area contributed by atoms with Gasteiger partial charge in [-0.2, -0.15) is 0 Å². The molecule has 1 aromatic carbocycles. The maximum Gasteiger partial charge on any atom is 0.317 e. The largest absolute Gasteiger partial charge is 0.480 e. The van der Waals surface area contributed by atoms with E-state index in [1.807, 2.05) is 6.92 Å². The molecule has 6 nitrogen and oxygen atoms in total. The first-order valence-corrected chi connectivity index (χ1v) is 9.16. The van der Waals surface area contributed by atoms with Crippen LogP contribution < -0.4 is 0 Å². The lowest BCUT2D eigenvalue weighted by molar-refractivity contribution is -0.138. The molecule has 1 amide bonds. The van der Waals surface area contributed by atoms with Crippen molar-refractivity contribution in [1.29, 1.82) is 0 Å². The molecule has 140 valence electrons. The molecule has 1 atom stereocenters. The first-order valence-electron chi connectivity index (χ1n) is 8.35. The number of aliphatic carboxylic acids is 1. The van der Waals surface area contributed by atoms with Crippen molar-refractivity contribution in [1.82, 2.24) is 9.80 Å². The van der Waals surface area contributed by atoms with Crippen molar-refractivity contribution in [2.24, 2.45) is 0 Å². The quantitative estimate of drug-likeness (QED) is 0.861. The lowest BCUT2D eigenvalue weighted by Gasteiger charge is -2.34. The van der Waals surface area contributed by atoms with Crippen LogP contribution in [0.25, 0.3) is 10.1 Å². The molecule has 3 rings (SSSR count). The zero-order valence-corrected chi connectivity index (χ0v) is 15.5. The fourth-order valence-electron chi connectivity index (χ4n) is 3.20. The summed E-state index contributed by atoms with van der Waals surface area (Å²) in [7, 11) is 1.71. The zero-order valence-electron chi connectivity index (χ0n) is 14.7. The molecule has 0 bridgehead atoms. The van der Waals surface area contributed by atoms with E-state index in [1.54, 1.807) is 22.9 Å². The van der Waals surface area contributed by atoms with Crippen LogP contribution in [0.5, 0.6) is 0 Å².